The summed E-state index contributed by atoms with van der Waals surface area (Å²) < 4.78 is 93.6. The average molecular weight is 689 g/mol. The zero-order chi connectivity index (χ0) is 31.6. The van der Waals surface area contributed by atoms with Crippen LogP contribution >= 0.6 is 27.3 Å². The molecule has 0 aliphatic carbocycles. The van der Waals surface area contributed by atoms with Crippen molar-refractivity contribution >= 4 is 61.2 Å². The highest BCUT2D eigenvalue weighted by molar-refractivity contribution is 8.44. The molecule has 3 saturated heterocycles. The number of rotatable bonds is 3. The van der Waals surface area contributed by atoms with Crippen molar-refractivity contribution in [3.05, 3.63) is 36.4 Å². The molecule has 6 heterocycles. The molecule has 2 bridgehead atoms. The summed E-state index contributed by atoms with van der Waals surface area (Å²) in [5.74, 6) is -0.726. The molecule has 1 amide bonds. The summed E-state index contributed by atoms with van der Waals surface area (Å²) >= 11 is 3.96. The molecule has 3 fully saturated rings. The van der Waals surface area contributed by atoms with Gasteiger partial charge in [-0.2, -0.15) is 0 Å². The summed E-state index contributed by atoms with van der Waals surface area (Å²) in [6, 6.07) is 4.46. The summed E-state index contributed by atoms with van der Waals surface area (Å²) in [4.78, 5) is 23.9. The second-order valence-electron chi connectivity index (χ2n) is 10.2. The van der Waals surface area contributed by atoms with Crippen molar-refractivity contribution in [2.24, 2.45) is 5.73 Å². The first-order chi connectivity index (χ1) is 21.5. The van der Waals surface area contributed by atoms with Crippen LogP contribution in [0.4, 0.5) is 14.6 Å². The van der Waals surface area contributed by atoms with Gasteiger partial charge in [-0.3, -0.25) is 27.5 Å². The highest BCUT2D eigenvalue weighted by Gasteiger charge is 2.53. The lowest BCUT2D eigenvalue weighted by atomic mass is 10.1. The Hall–Kier alpha value is -3.13. The molecule has 10 atom stereocenters. The van der Waals surface area contributed by atoms with Gasteiger partial charge in [0.05, 0.1) is 30.6 Å². The quantitative estimate of drug-likeness (QED) is 0.205. The molecule has 0 radical (unpaired) electrons. The predicted octanol–water partition coefficient (Wildman–Crippen LogP) is 1.67. The van der Waals surface area contributed by atoms with Crippen LogP contribution in [-0.2, 0) is 36.7 Å². The molecule has 7 rings (SSSR count). The van der Waals surface area contributed by atoms with Gasteiger partial charge in [0.1, 0.15) is 41.8 Å². The number of carbonyl (C=O) groups is 1. The maximum atomic E-state index is 15.9. The smallest absolute Gasteiger partial charge is 0.382 e. The number of benzene rings is 1. The number of amides is 1. The highest BCUT2D eigenvalue weighted by Crippen LogP contribution is 2.57. The van der Waals surface area contributed by atoms with Crippen molar-refractivity contribution in [3.8, 4) is 0 Å². The van der Waals surface area contributed by atoms with E-state index in [1.807, 2.05) is 0 Å². The minimum absolute atomic E-state index is 0.0480. The predicted molar refractivity (Wildman–Crippen MR) is 151 cm³/mol. The van der Waals surface area contributed by atoms with Gasteiger partial charge < -0.3 is 25.5 Å². The third-order valence-corrected chi connectivity index (χ3v) is 9.94. The number of imidazole rings is 1. The minimum Gasteiger partial charge on any atom is -0.382 e. The number of aromatic nitrogens is 7. The molecule has 4 N–H and O–H groups in total. The van der Waals surface area contributed by atoms with Crippen LogP contribution in [0.1, 0.15) is 22.8 Å². The van der Waals surface area contributed by atoms with Crippen molar-refractivity contribution in [1.29, 1.82) is 0 Å². The Bertz CT molecular complexity index is 1870. The van der Waals surface area contributed by atoms with E-state index in [1.165, 1.54) is 29.1 Å². The van der Waals surface area contributed by atoms with Crippen molar-refractivity contribution in [3.63, 3.8) is 0 Å². The van der Waals surface area contributed by atoms with Gasteiger partial charge in [0.25, 0.3) is 5.91 Å². The second kappa shape index (κ2) is 11.6. The zero-order valence-electron chi connectivity index (χ0n) is 22.5. The van der Waals surface area contributed by atoms with Gasteiger partial charge in [-0.25, -0.2) is 33.0 Å². The normalized spacial score (nSPS) is 35.9. The molecular weight excluding hydrogens is 666 g/mol. The average Bonchev–Trinajstić information content (AvgIpc) is 3.76. The standard InChI is InChI=1S/C22H23F2N9O9P2S/c23-12-10-5-38-44(36,45)42-16-11(40-21(13(16)24)32-7-29-15-18(25)27-6-28-20(15)32)4-37-43(35)41-17(12)22(39-10)33-9-3-1-2-8(19(26)34)14(9)30-31-33/h1-3,6-7,10-13,16-17,21-22,43H,4-5H2,(H2,26,34)(H,36,45)(H2,25,27,28)/t10-,11-,12-,13-,16-,17-,21-,22-,44+/m1/s1. The van der Waals surface area contributed by atoms with Gasteiger partial charge in [0, 0.05) is 0 Å². The number of nitrogens with two attached hydrogens (primary N) is 2. The van der Waals surface area contributed by atoms with E-state index in [2.05, 4.69) is 37.5 Å². The van der Waals surface area contributed by atoms with E-state index < -0.39 is 83.4 Å². The van der Waals surface area contributed by atoms with Crippen LogP contribution in [0.2, 0.25) is 0 Å². The largest absolute Gasteiger partial charge is 0.386 e. The lowest BCUT2D eigenvalue weighted by Crippen LogP contribution is -2.33. The SMILES string of the molecule is NC(=O)c1cccc2c1nnn2[C@@H]1O[C@@H]2CO[P@](=O)(S)O[C@H]3[C@@H](F)[C@H](n4cnc5c(N)ncnc54)O[C@@H]3CO[PH](=O)O[C@@H]1[C@@H]2F. The lowest BCUT2D eigenvalue weighted by molar-refractivity contribution is -0.0598. The number of ether oxygens (including phenoxy) is 2. The molecule has 18 nitrogen and oxygen atoms in total. The number of nitrogen functional groups attached to an aromatic ring is 1. The number of primary amides is 1. The van der Waals surface area contributed by atoms with E-state index in [4.69, 9.17) is 39.0 Å². The molecule has 240 valence electrons. The molecule has 0 saturated carbocycles. The topological polar surface area (TPSA) is 233 Å². The van der Waals surface area contributed by atoms with Crippen LogP contribution < -0.4 is 11.5 Å². The van der Waals surface area contributed by atoms with E-state index in [0.717, 1.165) is 11.0 Å². The lowest BCUT2D eigenvalue weighted by Gasteiger charge is -2.24. The maximum absolute atomic E-state index is 15.9. The van der Waals surface area contributed by atoms with Crippen molar-refractivity contribution in [2.75, 3.05) is 18.9 Å². The van der Waals surface area contributed by atoms with Gasteiger partial charge in [0.15, 0.2) is 36.3 Å². The molecule has 1 unspecified atom stereocenters. The Labute approximate surface area is 256 Å². The number of carbonyl (C=O) groups excluding carboxylic acids is 1. The number of fused-ring (bicyclic) bond motifs is 5. The van der Waals surface area contributed by atoms with Crippen molar-refractivity contribution in [2.45, 2.75) is 49.2 Å². The minimum atomic E-state index is -4.42. The van der Waals surface area contributed by atoms with Crippen molar-refractivity contribution < 1.29 is 50.3 Å². The maximum Gasteiger partial charge on any atom is 0.386 e. The van der Waals surface area contributed by atoms with E-state index in [-0.39, 0.29) is 33.6 Å². The van der Waals surface area contributed by atoms with E-state index in [1.54, 1.807) is 0 Å². The highest BCUT2D eigenvalue weighted by atomic mass is 32.7. The van der Waals surface area contributed by atoms with Crippen LogP contribution in [0.15, 0.2) is 30.9 Å². The van der Waals surface area contributed by atoms with Crippen LogP contribution in [0.5, 0.6) is 0 Å². The number of thiol groups is 1. The number of hydrogen-bond acceptors (Lipinski definition) is 15. The Morgan fingerprint density at radius 1 is 1.07 bits per heavy atom. The molecule has 3 aliphatic rings. The summed E-state index contributed by atoms with van der Waals surface area (Å²) in [5.41, 5.74) is 12.0. The van der Waals surface area contributed by atoms with Crippen LogP contribution in [0.3, 0.4) is 0 Å². The Morgan fingerprint density at radius 2 is 1.87 bits per heavy atom. The molecule has 3 aliphatic heterocycles. The first-order valence-electron chi connectivity index (χ1n) is 13.2. The molecule has 45 heavy (non-hydrogen) atoms. The Morgan fingerprint density at radius 3 is 2.67 bits per heavy atom. The number of alkyl halides is 2. The third kappa shape index (κ3) is 5.41. The van der Waals surface area contributed by atoms with Gasteiger partial charge in [-0.05, 0) is 12.1 Å². The van der Waals surface area contributed by atoms with Crippen LogP contribution in [0, 0.1) is 0 Å². The first-order valence-corrected chi connectivity index (χ1v) is 17.1. The molecule has 4 aromatic rings. The molecule has 0 spiro atoms. The van der Waals surface area contributed by atoms with Crippen molar-refractivity contribution in [1.82, 2.24) is 34.5 Å². The van der Waals surface area contributed by atoms with Gasteiger partial charge in [0.2, 0.25) is 0 Å². The fourth-order valence-electron chi connectivity index (χ4n) is 5.38. The van der Waals surface area contributed by atoms with E-state index in [9.17, 15) is 13.9 Å². The molecule has 3 aromatic heterocycles. The molecule has 23 heteroatoms. The van der Waals surface area contributed by atoms with Gasteiger partial charge in [-0.1, -0.05) is 23.5 Å². The van der Waals surface area contributed by atoms with Crippen LogP contribution in [-0.4, -0.2) is 90.4 Å². The zero-order valence-corrected chi connectivity index (χ0v) is 25.3. The fraction of sp³-hybridized carbons (Fsp3) is 0.455. The van der Waals surface area contributed by atoms with Gasteiger partial charge in [-0.15, -0.1) is 5.10 Å². The number of nitrogens with zero attached hydrogens (tertiary/aromatic N) is 7. The van der Waals surface area contributed by atoms with E-state index in [0.29, 0.717) is 0 Å². The van der Waals surface area contributed by atoms with Gasteiger partial charge >= 0.3 is 15.1 Å². The van der Waals surface area contributed by atoms with E-state index >= 15 is 8.78 Å². The Kier molecular flexibility index (Phi) is 7.86. The third-order valence-electron chi connectivity index (χ3n) is 7.46. The fourth-order valence-corrected chi connectivity index (χ4v) is 7.70. The molecule has 1 aromatic carbocycles. The number of halogens is 2. The Balaban J connectivity index is 1.18. The summed E-state index contributed by atoms with van der Waals surface area (Å²) in [6.45, 7) is -5.74. The monoisotopic (exact) mass is 689 g/mol. The molecular formula is C22H23F2N9O9P2S. The second-order valence-corrected chi connectivity index (χ2v) is 14.1. The number of anilines is 1. The summed E-state index contributed by atoms with van der Waals surface area (Å²) in [5, 5.41) is 7.93. The summed E-state index contributed by atoms with van der Waals surface area (Å²) in [7, 11) is -3.54. The first kappa shape index (κ1) is 30.5. The summed E-state index contributed by atoms with van der Waals surface area (Å²) in [6.07, 6.45) is -10.6. The van der Waals surface area contributed by atoms with Crippen LogP contribution in [0.25, 0.3) is 22.2 Å². The number of hydrogen-bond donors (Lipinski definition) is 3.